The third-order valence-electron chi connectivity index (χ3n) is 3.70. The lowest BCUT2D eigenvalue weighted by atomic mass is 10.1. The van der Waals surface area contributed by atoms with Gasteiger partial charge in [0.05, 0.1) is 25.8 Å². The van der Waals surface area contributed by atoms with Crippen LogP contribution < -0.4 is 14.8 Å². The zero-order valence-corrected chi connectivity index (χ0v) is 14.7. The van der Waals surface area contributed by atoms with Gasteiger partial charge in [-0.05, 0) is 49.4 Å². The summed E-state index contributed by atoms with van der Waals surface area (Å²) in [6, 6.07) is 9.73. The zero-order chi connectivity index (χ0) is 19.1. The highest BCUT2D eigenvalue weighted by atomic mass is 19.1. The van der Waals surface area contributed by atoms with E-state index >= 15 is 0 Å². The van der Waals surface area contributed by atoms with E-state index in [1.807, 2.05) is 0 Å². The third kappa shape index (κ3) is 4.95. The van der Waals surface area contributed by atoms with Crippen LogP contribution in [-0.4, -0.2) is 32.7 Å². The first-order chi connectivity index (χ1) is 12.4. The summed E-state index contributed by atoms with van der Waals surface area (Å²) in [5.74, 6) is -0.406. The van der Waals surface area contributed by atoms with E-state index < -0.39 is 30.3 Å². The molecule has 0 spiro atoms. The summed E-state index contributed by atoms with van der Waals surface area (Å²) < 4.78 is 28.3. The molecule has 0 radical (unpaired) electrons. The number of carbonyl (C=O) groups is 2. The van der Waals surface area contributed by atoms with Crippen LogP contribution in [0.3, 0.4) is 0 Å². The van der Waals surface area contributed by atoms with Gasteiger partial charge in [0.25, 0.3) is 5.91 Å². The van der Waals surface area contributed by atoms with E-state index in [1.54, 1.807) is 32.2 Å². The Hall–Kier alpha value is -3.09. The van der Waals surface area contributed by atoms with Crippen molar-refractivity contribution in [1.82, 2.24) is 5.32 Å². The van der Waals surface area contributed by atoms with E-state index in [2.05, 4.69) is 5.32 Å². The Kier molecular flexibility index (Phi) is 6.54. The predicted molar refractivity (Wildman–Crippen MR) is 92.8 cm³/mol. The highest BCUT2D eigenvalue weighted by Crippen LogP contribution is 2.29. The molecule has 2 rings (SSSR count). The minimum absolute atomic E-state index is 0.168. The van der Waals surface area contributed by atoms with Gasteiger partial charge < -0.3 is 19.5 Å². The number of ether oxygens (including phenoxy) is 3. The lowest BCUT2D eigenvalue weighted by Gasteiger charge is -2.18. The van der Waals surface area contributed by atoms with Gasteiger partial charge in [-0.2, -0.15) is 0 Å². The maximum atomic E-state index is 12.8. The number of hydrogen-bond acceptors (Lipinski definition) is 5. The van der Waals surface area contributed by atoms with Crippen LogP contribution >= 0.6 is 0 Å². The van der Waals surface area contributed by atoms with Crippen LogP contribution in [0.4, 0.5) is 4.39 Å². The first kappa shape index (κ1) is 19.2. The number of benzene rings is 2. The van der Waals surface area contributed by atoms with Gasteiger partial charge in [-0.25, -0.2) is 9.18 Å². The average molecular weight is 361 g/mol. The van der Waals surface area contributed by atoms with E-state index in [4.69, 9.17) is 14.2 Å². The van der Waals surface area contributed by atoms with Crippen molar-refractivity contribution in [2.75, 3.05) is 20.8 Å². The molecular weight excluding hydrogens is 341 g/mol. The van der Waals surface area contributed by atoms with Gasteiger partial charge in [0.2, 0.25) is 0 Å². The minimum atomic E-state index is -0.702. The zero-order valence-electron chi connectivity index (χ0n) is 14.7. The fourth-order valence-corrected chi connectivity index (χ4v) is 2.34. The monoisotopic (exact) mass is 361 g/mol. The average Bonchev–Trinajstić information content (AvgIpc) is 2.66. The van der Waals surface area contributed by atoms with Gasteiger partial charge in [-0.3, -0.25) is 4.79 Å². The first-order valence-corrected chi connectivity index (χ1v) is 7.88. The highest BCUT2D eigenvalue weighted by molar-refractivity contribution is 5.91. The second-order valence-electron chi connectivity index (χ2n) is 5.48. The van der Waals surface area contributed by atoms with Gasteiger partial charge in [0.15, 0.2) is 6.61 Å². The number of rotatable bonds is 7. The molecule has 2 aromatic carbocycles. The van der Waals surface area contributed by atoms with Gasteiger partial charge in [-0.1, -0.05) is 0 Å². The largest absolute Gasteiger partial charge is 0.497 e. The van der Waals surface area contributed by atoms with Crippen molar-refractivity contribution >= 4 is 11.9 Å². The Labute approximate surface area is 150 Å². The van der Waals surface area contributed by atoms with Gasteiger partial charge in [0.1, 0.15) is 17.3 Å². The van der Waals surface area contributed by atoms with Crippen molar-refractivity contribution in [3.8, 4) is 11.5 Å². The second kappa shape index (κ2) is 8.84. The number of methoxy groups -OCH3 is 2. The minimum Gasteiger partial charge on any atom is -0.497 e. The van der Waals surface area contributed by atoms with Crippen molar-refractivity contribution in [1.29, 1.82) is 0 Å². The topological polar surface area (TPSA) is 73.9 Å². The highest BCUT2D eigenvalue weighted by Gasteiger charge is 2.17. The van der Waals surface area contributed by atoms with Crippen molar-refractivity contribution in [3.05, 3.63) is 59.4 Å². The molecule has 0 aliphatic carbocycles. The number of amides is 1. The van der Waals surface area contributed by atoms with Gasteiger partial charge in [0, 0.05) is 5.56 Å². The molecule has 0 aromatic heterocycles. The molecule has 1 unspecified atom stereocenters. The molecule has 0 saturated carbocycles. The fraction of sp³-hybridized carbons (Fsp3) is 0.263. The van der Waals surface area contributed by atoms with E-state index in [9.17, 15) is 14.0 Å². The Morgan fingerprint density at radius 3 is 2.38 bits per heavy atom. The van der Waals surface area contributed by atoms with Gasteiger partial charge >= 0.3 is 5.97 Å². The molecule has 0 aliphatic heterocycles. The Morgan fingerprint density at radius 1 is 1.08 bits per heavy atom. The number of halogens is 1. The molecule has 7 heteroatoms. The Morgan fingerprint density at radius 2 is 1.77 bits per heavy atom. The molecule has 0 saturated heterocycles. The lowest BCUT2D eigenvalue weighted by molar-refractivity contribution is -0.124. The summed E-state index contributed by atoms with van der Waals surface area (Å²) in [5, 5.41) is 2.73. The Balaban J connectivity index is 1.95. The number of nitrogens with one attached hydrogen (secondary N) is 1. The molecule has 0 bridgehead atoms. The molecule has 1 amide bonds. The van der Waals surface area contributed by atoms with Crippen molar-refractivity contribution in [2.45, 2.75) is 13.0 Å². The molecule has 1 atom stereocenters. The summed E-state index contributed by atoms with van der Waals surface area (Å²) in [5.41, 5.74) is 0.895. The van der Waals surface area contributed by atoms with Crippen LogP contribution in [0.2, 0.25) is 0 Å². The predicted octanol–water partition coefficient (Wildman–Crippen LogP) is 2.88. The normalized spacial score (nSPS) is 11.4. The van der Waals surface area contributed by atoms with Gasteiger partial charge in [-0.15, -0.1) is 0 Å². The molecule has 0 heterocycles. The van der Waals surface area contributed by atoms with Crippen LogP contribution in [0, 0.1) is 5.82 Å². The van der Waals surface area contributed by atoms with Crippen LogP contribution in [0.15, 0.2) is 42.5 Å². The molecule has 26 heavy (non-hydrogen) atoms. The number of hydrogen-bond donors (Lipinski definition) is 1. The van der Waals surface area contributed by atoms with E-state index in [-0.39, 0.29) is 5.56 Å². The summed E-state index contributed by atoms with van der Waals surface area (Å²) in [4.78, 5) is 23.9. The maximum Gasteiger partial charge on any atom is 0.338 e. The quantitative estimate of drug-likeness (QED) is 0.768. The number of carbonyl (C=O) groups excluding carboxylic acids is 2. The summed E-state index contributed by atoms with van der Waals surface area (Å²) in [6.07, 6.45) is 0. The lowest BCUT2D eigenvalue weighted by Crippen LogP contribution is -2.31. The summed E-state index contributed by atoms with van der Waals surface area (Å²) in [6.45, 7) is 1.32. The van der Waals surface area contributed by atoms with Crippen LogP contribution in [-0.2, 0) is 9.53 Å². The molecule has 6 nitrogen and oxygen atoms in total. The Bertz CT molecular complexity index is 776. The molecule has 2 aromatic rings. The maximum absolute atomic E-state index is 12.8. The van der Waals surface area contributed by atoms with Crippen LogP contribution in [0.25, 0.3) is 0 Å². The van der Waals surface area contributed by atoms with Crippen molar-refractivity contribution in [2.24, 2.45) is 0 Å². The van der Waals surface area contributed by atoms with Crippen LogP contribution in [0.5, 0.6) is 11.5 Å². The van der Waals surface area contributed by atoms with Crippen LogP contribution in [0.1, 0.15) is 28.9 Å². The van der Waals surface area contributed by atoms with E-state index in [0.29, 0.717) is 11.5 Å². The smallest absolute Gasteiger partial charge is 0.338 e. The first-order valence-electron chi connectivity index (χ1n) is 7.88. The van der Waals surface area contributed by atoms with E-state index in [1.165, 1.54) is 19.2 Å². The summed E-state index contributed by atoms with van der Waals surface area (Å²) >= 11 is 0. The fourth-order valence-electron chi connectivity index (χ4n) is 2.34. The second-order valence-corrected chi connectivity index (χ2v) is 5.48. The molecular formula is C19H20FNO5. The summed E-state index contributed by atoms with van der Waals surface area (Å²) in [7, 11) is 3.08. The molecule has 1 N–H and O–H groups in total. The van der Waals surface area contributed by atoms with Crippen molar-refractivity contribution < 1.29 is 28.2 Å². The SMILES string of the molecule is COc1ccc(OC)c(C(C)NC(=O)COC(=O)c2ccc(F)cc2)c1. The molecule has 0 aliphatic rings. The third-order valence-corrected chi connectivity index (χ3v) is 3.70. The molecule has 0 fully saturated rings. The van der Waals surface area contributed by atoms with Crippen molar-refractivity contribution in [3.63, 3.8) is 0 Å². The molecule has 138 valence electrons. The van der Waals surface area contributed by atoms with E-state index in [0.717, 1.165) is 17.7 Å². The standard InChI is InChI=1S/C19H20FNO5/c1-12(16-10-15(24-2)8-9-17(16)25-3)21-18(22)11-26-19(23)13-4-6-14(20)7-5-13/h4-10,12H,11H2,1-3H3,(H,21,22). The number of esters is 1.